The molecule has 110 valence electrons. The maximum absolute atomic E-state index is 11.4. The average Bonchev–Trinajstić information content (AvgIpc) is 2.41. The summed E-state index contributed by atoms with van der Waals surface area (Å²) in [5.41, 5.74) is 0. The van der Waals surface area contributed by atoms with Crippen LogP contribution in [-0.2, 0) is 19.1 Å². The zero-order valence-corrected chi connectivity index (χ0v) is 12.0. The second kappa shape index (κ2) is 11.8. The summed E-state index contributed by atoms with van der Waals surface area (Å²) in [6.45, 7) is 7.92. The Bertz CT molecular complexity index is 263. The molecule has 1 heterocycles. The van der Waals surface area contributed by atoms with Gasteiger partial charge >= 0.3 is 11.9 Å². The Morgan fingerprint density at radius 1 is 0.895 bits per heavy atom. The van der Waals surface area contributed by atoms with Crippen molar-refractivity contribution in [2.45, 2.75) is 64.4 Å². The fourth-order valence-corrected chi connectivity index (χ4v) is 1.85. The lowest BCUT2D eigenvalue weighted by molar-refractivity contribution is -0.158. The minimum absolute atomic E-state index is 0.171. The molecule has 4 nitrogen and oxygen atoms in total. The molecule has 0 radical (unpaired) electrons. The summed E-state index contributed by atoms with van der Waals surface area (Å²) in [7, 11) is 0. The van der Waals surface area contributed by atoms with E-state index in [1.807, 2.05) is 0 Å². The van der Waals surface area contributed by atoms with E-state index in [1.54, 1.807) is 6.92 Å². The molecule has 1 rings (SSSR count). The van der Waals surface area contributed by atoms with Crippen molar-refractivity contribution >= 4 is 11.9 Å². The van der Waals surface area contributed by atoms with Gasteiger partial charge in [-0.2, -0.15) is 0 Å². The first-order chi connectivity index (χ1) is 9.18. The van der Waals surface area contributed by atoms with Crippen LogP contribution < -0.4 is 0 Å². The highest BCUT2D eigenvalue weighted by molar-refractivity contribution is 5.70. The Kier molecular flexibility index (Phi) is 10.9. The highest BCUT2D eigenvalue weighted by Gasteiger charge is 2.12. The van der Waals surface area contributed by atoms with Crippen molar-refractivity contribution in [2.75, 3.05) is 6.61 Å². The molecule has 0 amide bonds. The van der Waals surface area contributed by atoms with Gasteiger partial charge in [0.1, 0.15) is 12.7 Å². The molecule has 19 heavy (non-hydrogen) atoms. The summed E-state index contributed by atoms with van der Waals surface area (Å²) in [6, 6.07) is 0. The summed E-state index contributed by atoms with van der Waals surface area (Å²) in [6.07, 6.45) is 6.77. The van der Waals surface area contributed by atoms with Gasteiger partial charge in [0.2, 0.25) is 0 Å². The lowest BCUT2D eigenvalue weighted by Gasteiger charge is -2.14. The molecule has 0 N–H and O–H groups in total. The van der Waals surface area contributed by atoms with Crippen LogP contribution in [0.5, 0.6) is 0 Å². The van der Waals surface area contributed by atoms with Crippen LogP contribution in [0.2, 0.25) is 0 Å². The van der Waals surface area contributed by atoms with Crippen molar-refractivity contribution in [2.24, 2.45) is 0 Å². The first-order valence-corrected chi connectivity index (χ1v) is 7.03. The summed E-state index contributed by atoms with van der Waals surface area (Å²) in [4.78, 5) is 22.7. The van der Waals surface area contributed by atoms with Crippen LogP contribution in [0.4, 0.5) is 0 Å². The largest absolute Gasteiger partial charge is 0.462 e. The summed E-state index contributed by atoms with van der Waals surface area (Å²) in [5.74, 6) is -0.379. The van der Waals surface area contributed by atoms with E-state index in [0.29, 0.717) is 12.8 Å². The molecular weight excluding hydrogens is 244 g/mol. The highest BCUT2D eigenvalue weighted by Crippen LogP contribution is 2.11. The molecule has 0 saturated carbocycles. The van der Waals surface area contributed by atoms with Gasteiger partial charge in [0.25, 0.3) is 0 Å². The van der Waals surface area contributed by atoms with Crippen molar-refractivity contribution in [1.82, 2.24) is 0 Å². The Balaban J connectivity index is 0.00000154. The number of carbonyl (C=O) groups is 2. The Labute approximate surface area is 116 Å². The number of hydrogen-bond acceptors (Lipinski definition) is 4. The number of hydrogen-bond donors (Lipinski definition) is 0. The third-order valence-corrected chi connectivity index (χ3v) is 2.82. The highest BCUT2D eigenvalue weighted by atomic mass is 16.6. The molecule has 0 bridgehead atoms. The van der Waals surface area contributed by atoms with Crippen LogP contribution in [0.3, 0.4) is 0 Å². The van der Waals surface area contributed by atoms with Crippen molar-refractivity contribution in [3.05, 3.63) is 13.2 Å². The molecule has 0 spiro atoms. The topological polar surface area (TPSA) is 52.6 Å². The third-order valence-electron chi connectivity index (χ3n) is 2.82. The first-order valence-electron chi connectivity index (χ1n) is 7.03. The van der Waals surface area contributed by atoms with E-state index in [2.05, 4.69) is 13.2 Å². The number of esters is 2. The van der Waals surface area contributed by atoms with E-state index in [0.717, 1.165) is 38.5 Å². The van der Waals surface area contributed by atoms with E-state index >= 15 is 0 Å². The van der Waals surface area contributed by atoms with Gasteiger partial charge in [-0.15, -0.1) is 13.2 Å². The predicted molar refractivity (Wildman–Crippen MR) is 74.7 cm³/mol. The second-order valence-electron chi connectivity index (χ2n) is 4.60. The van der Waals surface area contributed by atoms with Crippen LogP contribution >= 0.6 is 0 Å². The molecule has 0 aromatic rings. The van der Waals surface area contributed by atoms with Crippen LogP contribution in [0.25, 0.3) is 0 Å². The number of carbonyl (C=O) groups excluding carboxylic acids is 2. The normalized spacial score (nSPS) is 23.1. The molecule has 1 saturated heterocycles. The van der Waals surface area contributed by atoms with Gasteiger partial charge in [0, 0.05) is 12.8 Å². The fraction of sp³-hybridized carbons (Fsp3) is 0.733. The van der Waals surface area contributed by atoms with Crippen molar-refractivity contribution < 1.29 is 19.1 Å². The smallest absolute Gasteiger partial charge is 0.306 e. The van der Waals surface area contributed by atoms with Crippen LogP contribution in [0.15, 0.2) is 13.2 Å². The second-order valence-corrected chi connectivity index (χ2v) is 4.60. The van der Waals surface area contributed by atoms with Gasteiger partial charge in [0.15, 0.2) is 0 Å². The standard InChI is InChI=1S/C13H22O4.C2H4/c1-11-10-16-12(14)8-6-4-2-3-5-7-9-13(15)17-11;1-2/h11H,2-10H2,1H3;1-2H2. The SMILES string of the molecule is C=C.CC1COC(=O)CCCCCCCCC(=O)O1. The molecule has 0 aromatic carbocycles. The zero-order valence-electron chi connectivity index (χ0n) is 12.0. The van der Waals surface area contributed by atoms with E-state index in [4.69, 9.17) is 9.47 Å². The first kappa shape index (κ1) is 17.7. The van der Waals surface area contributed by atoms with Gasteiger partial charge in [-0.25, -0.2) is 0 Å². The molecule has 4 heteroatoms. The molecule has 0 aromatic heterocycles. The monoisotopic (exact) mass is 270 g/mol. The Morgan fingerprint density at radius 3 is 1.95 bits per heavy atom. The Morgan fingerprint density at radius 2 is 1.37 bits per heavy atom. The lowest BCUT2D eigenvalue weighted by Crippen LogP contribution is -2.22. The van der Waals surface area contributed by atoms with Gasteiger partial charge < -0.3 is 9.47 Å². The van der Waals surface area contributed by atoms with Crippen LogP contribution in [-0.4, -0.2) is 24.6 Å². The molecular formula is C15H26O4. The van der Waals surface area contributed by atoms with Crippen molar-refractivity contribution in [1.29, 1.82) is 0 Å². The maximum Gasteiger partial charge on any atom is 0.306 e. The summed E-state index contributed by atoms with van der Waals surface area (Å²) in [5, 5.41) is 0. The third kappa shape index (κ3) is 10.3. The average molecular weight is 270 g/mol. The van der Waals surface area contributed by atoms with Gasteiger partial charge in [0.05, 0.1) is 0 Å². The molecule has 1 aliphatic rings. The van der Waals surface area contributed by atoms with Crippen LogP contribution in [0.1, 0.15) is 58.3 Å². The molecule has 1 aliphatic heterocycles. The Hall–Kier alpha value is -1.32. The molecule has 0 aliphatic carbocycles. The van der Waals surface area contributed by atoms with Crippen molar-refractivity contribution in [3.63, 3.8) is 0 Å². The van der Waals surface area contributed by atoms with Crippen LogP contribution in [0, 0.1) is 0 Å². The zero-order chi connectivity index (χ0) is 14.5. The quantitative estimate of drug-likeness (QED) is 0.500. The summed E-state index contributed by atoms with van der Waals surface area (Å²) < 4.78 is 10.2. The van der Waals surface area contributed by atoms with E-state index in [1.165, 1.54) is 0 Å². The minimum atomic E-state index is -0.339. The molecule has 1 fully saturated rings. The summed E-state index contributed by atoms with van der Waals surface area (Å²) >= 11 is 0. The van der Waals surface area contributed by atoms with Crippen molar-refractivity contribution in [3.8, 4) is 0 Å². The minimum Gasteiger partial charge on any atom is -0.462 e. The number of ether oxygens (including phenoxy) is 2. The molecule has 1 unspecified atom stereocenters. The lowest BCUT2D eigenvalue weighted by atomic mass is 10.1. The maximum atomic E-state index is 11.4. The van der Waals surface area contributed by atoms with Gasteiger partial charge in [-0.1, -0.05) is 25.7 Å². The van der Waals surface area contributed by atoms with E-state index in [9.17, 15) is 9.59 Å². The molecule has 1 atom stereocenters. The van der Waals surface area contributed by atoms with Gasteiger partial charge in [-0.05, 0) is 19.8 Å². The number of rotatable bonds is 0. The van der Waals surface area contributed by atoms with E-state index in [-0.39, 0.29) is 24.6 Å². The number of cyclic esters (lactones) is 2. The van der Waals surface area contributed by atoms with Gasteiger partial charge in [-0.3, -0.25) is 9.59 Å². The predicted octanol–water partition coefficient (Wildman–Crippen LogP) is 3.40. The fourth-order valence-electron chi connectivity index (χ4n) is 1.85. The van der Waals surface area contributed by atoms with E-state index < -0.39 is 0 Å².